The van der Waals surface area contributed by atoms with Crippen molar-refractivity contribution in [3.05, 3.63) is 63.7 Å². The monoisotopic (exact) mass is 373 g/mol. The van der Waals surface area contributed by atoms with Crippen molar-refractivity contribution >= 4 is 17.5 Å². The van der Waals surface area contributed by atoms with E-state index in [9.17, 15) is 9.59 Å². The van der Waals surface area contributed by atoms with Crippen LogP contribution in [0.2, 0.25) is 5.02 Å². The Morgan fingerprint density at radius 1 is 1.38 bits per heavy atom. The Balaban J connectivity index is 2.15. The van der Waals surface area contributed by atoms with E-state index in [0.29, 0.717) is 22.0 Å². The summed E-state index contributed by atoms with van der Waals surface area (Å²) in [5, 5.41) is 23.0. The molecule has 0 spiro atoms. The van der Waals surface area contributed by atoms with Crippen LogP contribution >= 0.6 is 11.6 Å². The molecule has 0 aliphatic carbocycles. The molecule has 3 N–H and O–H groups in total. The molecule has 0 saturated carbocycles. The maximum atomic E-state index is 12.7. The topological polar surface area (TPSA) is 113 Å². The zero-order valence-corrected chi connectivity index (χ0v) is 14.6. The molecule has 3 rings (SSSR count). The number of amides is 1. The highest BCUT2D eigenvalue weighted by molar-refractivity contribution is 6.30. The maximum absolute atomic E-state index is 12.7. The number of aliphatic hydroxyl groups excluding tert-OH is 1. The molecule has 1 aromatic carbocycles. The number of aromatic amines is 1. The molecular formula is C17H16ClN5O3. The number of carbonyl (C=O) groups excluding carboxylic acids is 1. The number of H-pyrrole nitrogens is 1. The summed E-state index contributed by atoms with van der Waals surface area (Å²) in [5.41, 5.74) is 0.827. The van der Waals surface area contributed by atoms with Crippen LogP contribution < -0.4 is 10.9 Å². The highest BCUT2D eigenvalue weighted by atomic mass is 35.5. The fraction of sp³-hybridized carbons (Fsp3) is 0.176. The van der Waals surface area contributed by atoms with Gasteiger partial charge in [0.1, 0.15) is 11.3 Å². The predicted molar refractivity (Wildman–Crippen MR) is 96.4 cm³/mol. The van der Waals surface area contributed by atoms with Gasteiger partial charge in [0.05, 0.1) is 18.5 Å². The number of hydrogen-bond acceptors (Lipinski definition) is 5. The molecule has 0 saturated heterocycles. The lowest BCUT2D eigenvalue weighted by Crippen LogP contribution is -2.39. The summed E-state index contributed by atoms with van der Waals surface area (Å²) in [6.07, 6.45) is 2.93. The van der Waals surface area contributed by atoms with Crippen LogP contribution in [-0.4, -0.2) is 43.6 Å². The Morgan fingerprint density at radius 3 is 2.73 bits per heavy atom. The molecule has 0 aliphatic heterocycles. The lowest BCUT2D eigenvalue weighted by molar-refractivity contribution is 0.0920. The molecule has 9 heteroatoms. The second-order valence-corrected chi connectivity index (χ2v) is 6.12. The summed E-state index contributed by atoms with van der Waals surface area (Å²) in [7, 11) is 0. The van der Waals surface area contributed by atoms with Crippen LogP contribution in [0.1, 0.15) is 17.3 Å². The highest BCUT2D eigenvalue weighted by Crippen LogP contribution is 2.20. The zero-order chi connectivity index (χ0) is 18.7. The van der Waals surface area contributed by atoms with Gasteiger partial charge < -0.3 is 10.4 Å². The van der Waals surface area contributed by atoms with E-state index in [1.54, 1.807) is 31.2 Å². The van der Waals surface area contributed by atoms with Crippen molar-refractivity contribution in [1.82, 2.24) is 25.3 Å². The molecule has 1 unspecified atom stereocenters. The number of benzene rings is 1. The van der Waals surface area contributed by atoms with Crippen LogP contribution in [0.3, 0.4) is 0 Å². The summed E-state index contributed by atoms with van der Waals surface area (Å²) in [6.45, 7) is 1.39. The zero-order valence-electron chi connectivity index (χ0n) is 13.8. The van der Waals surface area contributed by atoms with E-state index in [0.717, 1.165) is 4.68 Å². The van der Waals surface area contributed by atoms with Gasteiger partial charge in [-0.2, -0.15) is 14.9 Å². The van der Waals surface area contributed by atoms with Crippen molar-refractivity contribution < 1.29 is 9.90 Å². The average molecular weight is 374 g/mol. The van der Waals surface area contributed by atoms with Gasteiger partial charge in [0.25, 0.3) is 11.5 Å². The first-order valence-electron chi connectivity index (χ1n) is 7.81. The van der Waals surface area contributed by atoms with Crippen LogP contribution in [-0.2, 0) is 0 Å². The minimum Gasteiger partial charge on any atom is -0.394 e. The van der Waals surface area contributed by atoms with Crippen LogP contribution in [0.25, 0.3) is 16.9 Å². The summed E-state index contributed by atoms with van der Waals surface area (Å²) >= 11 is 5.92. The van der Waals surface area contributed by atoms with Gasteiger partial charge >= 0.3 is 0 Å². The summed E-state index contributed by atoms with van der Waals surface area (Å²) in [5.74, 6) is -0.591. The number of halogens is 1. The maximum Gasteiger partial charge on any atom is 0.284 e. The molecule has 134 valence electrons. The van der Waals surface area contributed by atoms with Crippen molar-refractivity contribution in [3.8, 4) is 16.9 Å². The molecule has 1 atom stereocenters. The third-order valence-corrected chi connectivity index (χ3v) is 3.93. The van der Waals surface area contributed by atoms with E-state index in [1.165, 1.54) is 18.5 Å². The Kier molecular flexibility index (Phi) is 5.15. The summed E-state index contributed by atoms with van der Waals surface area (Å²) in [4.78, 5) is 25.2. The van der Waals surface area contributed by atoms with Crippen LogP contribution in [0, 0.1) is 0 Å². The summed E-state index contributed by atoms with van der Waals surface area (Å²) < 4.78 is 1.10. The third-order valence-electron chi connectivity index (χ3n) is 3.68. The molecule has 26 heavy (non-hydrogen) atoms. The van der Waals surface area contributed by atoms with Gasteiger partial charge in [0, 0.05) is 22.8 Å². The minimum absolute atomic E-state index is 0.0912. The second-order valence-electron chi connectivity index (χ2n) is 5.68. The fourth-order valence-corrected chi connectivity index (χ4v) is 2.43. The van der Waals surface area contributed by atoms with Crippen LogP contribution in [0.5, 0.6) is 0 Å². The number of nitrogens with zero attached hydrogens (tertiary/aromatic N) is 3. The molecule has 0 radical (unpaired) electrons. The molecule has 2 aromatic heterocycles. The average Bonchev–Trinajstić information content (AvgIpc) is 3.17. The molecule has 8 nitrogen and oxygen atoms in total. The smallest absolute Gasteiger partial charge is 0.284 e. The largest absolute Gasteiger partial charge is 0.394 e. The van der Waals surface area contributed by atoms with Crippen molar-refractivity contribution in [2.45, 2.75) is 13.0 Å². The first-order valence-corrected chi connectivity index (χ1v) is 8.18. The van der Waals surface area contributed by atoms with Crippen molar-refractivity contribution in [1.29, 1.82) is 0 Å². The van der Waals surface area contributed by atoms with Gasteiger partial charge in [-0.15, -0.1) is 0 Å². The molecule has 0 aliphatic rings. The molecule has 2 heterocycles. The number of aliphatic hydroxyl groups is 1. The quantitative estimate of drug-likeness (QED) is 0.625. The molecule has 1 amide bonds. The summed E-state index contributed by atoms with van der Waals surface area (Å²) in [6, 6.07) is 7.80. The molecule has 0 fully saturated rings. The first-order chi connectivity index (χ1) is 12.5. The van der Waals surface area contributed by atoms with E-state index >= 15 is 0 Å². The van der Waals surface area contributed by atoms with Crippen molar-refractivity contribution in [3.63, 3.8) is 0 Å². The minimum atomic E-state index is -0.591. The van der Waals surface area contributed by atoms with Crippen LogP contribution in [0.4, 0.5) is 0 Å². The van der Waals surface area contributed by atoms with Gasteiger partial charge in [0.15, 0.2) is 0 Å². The number of carbonyl (C=O) groups is 1. The van der Waals surface area contributed by atoms with E-state index in [4.69, 9.17) is 16.7 Å². The van der Waals surface area contributed by atoms with Crippen molar-refractivity contribution in [2.24, 2.45) is 0 Å². The van der Waals surface area contributed by atoms with Gasteiger partial charge in [-0.1, -0.05) is 23.7 Å². The molecular weight excluding hydrogens is 358 g/mol. The number of rotatable bonds is 5. The normalized spacial score (nSPS) is 12.0. The molecule has 3 aromatic rings. The third kappa shape index (κ3) is 3.66. The highest BCUT2D eigenvalue weighted by Gasteiger charge is 2.19. The lowest BCUT2D eigenvalue weighted by atomic mass is 10.1. The van der Waals surface area contributed by atoms with Gasteiger partial charge in [-0.25, -0.2) is 0 Å². The van der Waals surface area contributed by atoms with Gasteiger partial charge in [-0.3, -0.25) is 14.7 Å². The number of nitrogens with one attached hydrogen (secondary N) is 2. The fourth-order valence-electron chi connectivity index (χ4n) is 2.30. The molecule has 0 bridgehead atoms. The van der Waals surface area contributed by atoms with E-state index in [-0.39, 0.29) is 12.2 Å². The number of aromatic nitrogens is 4. The first kappa shape index (κ1) is 17.8. The van der Waals surface area contributed by atoms with Crippen molar-refractivity contribution in [2.75, 3.05) is 6.61 Å². The van der Waals surface area contributed by atoms with Crippen LogP contribution in [0.15, 0.2) is 47.5 Å². The lowest BCUT2D eigenvalue weighted by Gasteiger charge is -2.13. The Morgan fingerprint density at radius 2 is 2.12 bits per heavy atom. The SMILES string of the molecule is CC(CO)NC(=O)c1cc(-c2ccc(Cl)cc2)nn(-c2cn[nH]c2)c1=O. The Hall–Kier alpha value is -2.97. The standard InChI is InChI=1S/C17H16ClN5O3/c1-10(9-24)21-16(25)14-6-15(11-2-4-12(18)5-3-11)22-23(17(14)26)13-7-19-20-8-13/h2-8,10,24H,9H2,1H3,(H,19,20)(H,21,25). The van der Waals surface area contributed by atoms with E-state index in [1.807, 2.05) is 0 Å². The Bertz CT molecular complexity index is 967. The second kappa shape index (κ2) is 7.51. The van der Waals surface area contributed by atoms with Gasteiger partial charge in [-0.05, 0) is 25.1 Å². The van der Waals surface area contributed by atoms with Gasteiger partial charge in [0.2, 0.25) is 0 Å². The Labute approximate surface area is 153 Å². The van der Waals surface area contributed by atoms with E-state index in [2.05, 4.69) is 20.6 Å². The number of hydrogen-bond donors (Lipinski definition) is 3. The predicted octanol–water partition coefficient (Wildman–Crippen LogP) is 1.39. The van der Waals surface area contributed by atoms with E-state index < -0.39 is 17.5 Å².